The summed E-state index contributed by atoms with van der Waals surface area (Å²) in [6, 6.07) is 11.1. The molecule has 2 aromatic carbocycles. The molecule has 1 atom stereocenters. The molecule has 0 unspecified atom stereocenters. The third-order valence-corrected chi connectivity index (χ3v) is 7.36. The van der Waals surface area contributed by atoms with E-state index in [9.17, 15) is 36.2 Å². The second-order valence-corrected chi connectivity index (χ2v) is 10.4. The Labute approximate surface area is 258 Å². The van der Waals surface area contributed by atoms with Crippen LogP contribution < -0.4 is 9.47 Å². The van der Waals surface area contributed by atoms with Gasteiger partial charge in [0.05, 0.1) is 42.3 Å². The normalized spacial score (nSPS) is 14.9. The van der Waals surface area contributed by atoms with Crippen LogP contribution in [0.3, 0.4) is 0 Å². The maximum atomic E-state index is 13.4. The number of carbonyl (C=O) groups is 1. The lowest BCUT2D eigenvalue weighted by atomic mass is 9.94. The zero-order valence-corrected chi connectivity index (χ0v) is 24.5. The topological polar surface area (TPSA) is 103 Å². The Morgan fingerprint density at radius 2 is 1.59 bits per heavy atom. The number of oxime groups is 1. The first-order chi connectivity index (χ1) is 21.7. The van der Waals surface area contributed by atoms with Gasteiger partial charge in [-0.15, -0.1) is 0 Å². The standard InChI is InChI=1S/C32H25F6N3O5/c1-16-8-17(30(42)43)4-5-23(16)19-11-25(29(45-3)39-15-19)24-6-7-28(44-2)40-26(24)13-22-14-27(46-41-22)18-9-20(31(33,34)35)12-21(10-18)32(36,37)38/h4-12,15,27H,13-14H2,1-3H3,(H,42,43)/t27-/m0/s1. The summed E-state index contributed by atoms with van der Waals surface area (Å²) >= 11 is 0. The van der Waals surface area contributed by atoms with Crippen LogP contribution in [0.4, 0.5) is 26.3 Å². The molecule has 2 aromatic heterocycles. The summed E-state index contributed by atoms with van der Waals surface area (Å²) in [4.78, 5) is 25.7. The molecule has 0 radical (unpaired) electrons. The molecular weight excluding hydrogens is 620 g/mol. The van der Waals surface area contributed by atoms with Gasteiger partial charge < -0.3 is 19.4 Å². The van der Waals surface area contributed by atoms with Crippen LogP contribution in [-0.4, -0.2) is 41.0 Å². The highest BCUT2D eigenvalue weighted by Crippen LogP contribution is 2.41. The fourth-order valence-electron chi connectivity index (χ4n) is 5.12. The number of rotatable bonds is 8. The maximum absolute atomic E-state index is 13.4. The SMILES string of the molecule is COc1ccc(-c2cc(-c3ccc(C(=O)O)cc3C)cnc2OC)c(CC2=NO[C@H](c3cc(C(F)(F)F)cc(C(F)(F)F)c3)C2)n1. The van der Waals surface area contributed by atoms with E-state index in [1.807, 2.05) is 0 Å². The summed E-state index contributed by atoms with van der Waals surface area (Å²) in [5.74, 6) is -0.583. The highest BCUT2D eigenvalue weighted by Gasteiger charge is 2.38. The van der Waals surface area contributed by atoms with Crippen molar-refractivity contribution < 1.29 is 50.6 Å². The van der Waals surface area contributed by atoms with Crippen molar-refractivity contribution in [3.8, 4) is 34.0 Å². The molecule has 0 amide bonds. The molecule has 1 N–H and O–H groups in total. The Bertz CT molecular complexity index is 1810. The largest absolute Gasteiger partial charge is 0.481 e. The summed E-state index contributed by atoms with van der Waals surface area (Å²) in [6.07, 6.45) is -9.71. The van der Waals surface area contributed by atoms with E-state index in [1.165, 1.54) is 20.3 Å². The number of halogens is 6. The Balaban J connectivity index is 1.49. The smallest absolute Gasteiger partial charge is 0.416 e. The van der Waals surface area contributed by atoms with Crippen molar-refractivity contribution in [1.82, 2.24) is 9.97 Å². The van der Waals surface area contributed by atoms with Gasteiger partial charge in [-0.05, 0) is 66.1 Å². The van der Waals surface area contributed by atoms with Crippen LogP contribution in [0.15, 0.2) is 65.9 Å². The number of ether oxygens (including phenoxy) is 2. The van der Waals surface area contributed by atoms with Crippen LogP contribution in [0.5, 0.6) is 11.8 Å². The summed E-state index contributed by atoms with van der Waals surface area (Å²) in [5.41, 5.74) is 0.754. The lowest BCUT2D eigenvalue weighted by molar-refractivity contribution is -0.143. The van der Waals surface area contributed by atoms with Crippen LogP contribution in [0.25, 0.3) is 22.3 Å². The van der Waals surface area contributed by atoms with Gasteiger partial charge in [-0.2, -0.15) is 26.3 Å². The van der Waals surface area contributed by atoms with E-state index in [4.69, 9.17) is 14.3 Å². The zero-order valence-electron chi connectivity index (χ0n) is 24.5. The number of benzene rings is 2. The maximum Gasteiger partial charge on any atom is 0.416 e. The van der Waals surface area contributed by atoms with E-state index in [0.29, 0.717) is 45.8 Å². The summed E-state index contributed by atoms with van der Waals surface area (Å²) in [5, 5.41) is 13.3. The van der Waals surface area contributed by atoms with Crippen molar-refractivity contribution in [2.45, 2.75) is 38.2 Å². The number of carboxylic acids is 1. The molecule has 0 bridgehead atoms. The highest BCUT2D eigenvalue weighted by atomic mass is 19.4. The predicted octanol–water partition coefficient (Wildman–Crippen LogP) is 7.93. The molecule has 0 fully saturated rings. The first-order valence-corrected chi connectivity index (χ1v) is 13.6. The molecule has 0 saturated carbocycles. The van der Waals surface area contributed by atoms with Gasteiger partial charge in [-0.25, -0.2) is 14.8 Å². The van der Waals surface area contributed by atoms with Gasteiger partial charge in [-0.1, -0.05) is 11.2 Å². The van der Waals surface area contributed by atoms with E-state index in [0.717, 1.165) is 5.56 Å². The molecule has 1 aliphatic rings. The fraction of sp³-hybridized carbons (Fsp3) is 0.250. The van der Waals surface area contributed by atoms with Gasteiger partial charge in [-0.3, -0.25) is 0 Å². The quantitative estimate of drug-likeness (QED) is 0.194. The summed E-state index contributed by atoms with van der Waals surface area (Å²) in [6.45, 7) is 1.77. The molecule has 0 aliphatic carbocycles. The molecule has 4 aromatic rings. The minimum Gasteiger partial charge on any atom is -0.481 e. The number of aromatic carboxylic acids is 1. The Morgan fingerprint density at radius 1 is 0.913 bits per heavy atom. The van der Waals surface area contributed by atoms with E-state index < -0.39 is 35.6 Å². The minimum atomic E-state index is -5.00. The summed E-state index contributed by atoms with van der Waals surface area (Å²) in [7, 11) is 2.84. The third-order valence-electron chi connectivity index (χ3n) is 7.36. The molecule has 5 rings (SSSR count). The first-order valence-electron chi connectivity index (χ1n) is 13.6. The van der Waals surface area contributed by atoms with Crippen LogP contribution >= 0.6 is 0 Å². The van der Waals surface area contributed by atoms with E-state index in [-0.39, 0.29) is 41.8 Å². The molecule has 46 heavy (non-hydrogen) atoms. The van der Waals surface area contributed by atoms with Crippen molar-refractivity contribution in [1.29, 1.82) is 0 Å². The molecule has 3 heterocycles. The zero-order chi connectivity index (χ0) is 33.4. The van der Waals surface area contributed by atoms with Crippen LogP contribution in [0.1, 0.15) is 50.8 Å². The molecule has 0 spiro atoms. The van der Waals surface area contributed by atoms with Gasteiger partial charge >= 0.3 is 18.3 Å². The fourth-order valence-corrected chi connectivity index (χ4v) is 5.12. The van der Waals surface area contributed by atoms with Crippen LogP contribution in [0.2, 0.25) is 0 Å². The van der Waals surface area contributed by atoms with E-state index in [1.54, 1.807) is 43.5 Å². The van der Waals surface area contributed by atoms with Crippen molar-refractivity contribution in [3.05, 3.63) is 94.3 Å². The van der Waals surface area contributed by atoms with Crippen molar-refractivity contribution in [2.24, 2.45) is 5.16 Å². The molecular formula is C32H25F6N3O5. The first kappa shape index (κ1) is 32.3. The van der Waals surface area contributed by atoms with Crippen molar-refractivity contribution in [3.63, 3.8) is 0 Å². The number of aromatic nitrogens is 2. The molecule has 14 heteroatoms. The summed E-state index contributed by atoms with van der Waals surface area (Å²) < 4.78 is 91.4. The van der Waals surface area contributed by atoms with E-state index in [2.05, 4.69) is 15.1 Å². The Kier molecular flexibility index (Phi) is 8.65. The van der Waals surface area contributed by atoms with Gasteiger partial charge in [0.15, 0.2) is 6.10 Å². The van der Waals surface area contributed by atoms with Crippen molar-refractivity contribution >= 4 is 11.7 Å². The average Bonchev–Trinajstić information content (AvgIpc) is 3.48. The van der Waals surface area contributed by atoms with Gasteiger partial charge in [0.1, 0.15) is 0 Å². The Morgan fingerprint density at radius 3 is 2.17 bits per heavy atom. The number of hydrogen-bond acceptors (Lipinski definition) is 7. The minimum absolute atomic E-state index is 0.00778. The monoisotopic (exact) mass is 645 g/mol. The number of aryl methyl sites for hydroxylation is 1. The Hall–Kier alpha value is -5.14. The average molecular weight is 646 g/mol. The van der Waals surface area contributed by atoms with Gasteiger partial charge in [0, 0.05) is 41.8 Å². The van der Waals surface area contributed by atoms with Gasteiger partial charge in [0.25, 0.3) is 0 Å². The van der Waals surface area contributed by atoms with Gasteiger partial charge in [0.2, 0.25) is 11.8 Å². The van der Waals surface area contributed by atoms with Crippen LogP contribution in [-0.2, 0) is 23.6 Å². The second-order valence-electron chi connectivity index (χ2n) is 10.4. The second kappa shape index (κ2) is 12.3. The highest BCUT2D eigenvalue weighted by molar-refractivity contribution is 5.91. The van der Waals surface area contributed by atoms with Crippen LogP contribution in [0, 0.1) is 6.92 Å². The number of hydrogen-bond donors (Lipinski definition) is 1. The third kappa shape index (κ3) is 6.75. The number of methoxy groups -OCH3 is 2. The number of pyridine rings is 2. The lowest BCUT2D eigenvalue weighted by Crippen LogP contribution is -2.13. The van der Waals surface area contributed by atoms with E-state index >= 15 is 0 Å². The van der Waals surface area contributed by atoms with Crippen molar-refractivity contribution in [2.75, 3.05) is 14.2 Å². The number of nitrogens with zero attached hydrogens (tertiary/aromatic N) is 3. The molecule has 240 valence electrons. The lowest BCUT2D eigenvalue weighted by Gasteiger charge is -2.16. The molecule has 1 aliphatic heterocycles. The number of carboxylic acid groups (broad SMARTS) is 1. The molecule has 0 saturated heterocycles. The number of alkyl halides is 6. The predicted molar refractivity (Wildman–Crippen MR) is 154 cm³/mol. The molecule has 8 nitrogen and oxygen atoms in total.